The van der Waals surface area contributed by atoms with Gasteiger partial charge in [-0.2, -0.15) is 4.31 Å². The van der Waals surface area contributed by atoms with Crippen LogP contribution in [0.4, 0.5) is 0 Å². The number of nitrogens with zero attached hydrogens (tertiary/aromatic N) is 2. The number of aryl methyl sites for hydroxylation is 1. The molecule has 2 saturated heterocycles. The van der Waals surface area contributed by atoms with E-state index in [-0.39, 0.29) is 10.8 Å². The summed E-state index contributed by atoms with van der Waals surface area (Å²) in [6.07, 6.45) is 0.844. The highest BCUT2D eigenvalue weighted by molar-refractivity contribution is 7.89. The molecule has 2 heterocycles. The maximum Gasteiger partial charge on any atom is 0.251 e. The lowest BCUT2D eigenvalue weighted by atomic mass is 10.1. The normalized spacial score (nSPS) is 19.5. The molecule has 2 aliphatic heterocycles. The molecule has 0 atom stereocenters. The van der Waals surface area contributed by atoms with Gasteiger partial charge in [-0.15, -0.1) is 0 Å². The van der Waals surface area contributed by atoms with Gasteiger partial charge in [-0.1, -0.05) is 6.07 Å². The van der Waals surface area contributed by atoms with E-state index < -0.39 is 10.0 Å². The molecule has 2 aliphatic rings. The van der Waals surface area contributed by atoms with Crippen LogP contribution < -0.4 is 5.32 Å². The van der Waals surface area contributed by atoms with Crippen LogP contribution in [-0.2, 0) is 19.5 Å². The molecule has 28 heavy (non-hydrogen) atoms. The van der Waals surface area contributed by atoms with Crippen LogP contribution in [0.2, 0.25) is 0 Å². The number of carbonyl (C=O) groups excluding carboxylic acids is 1. The molecule has 1 N–H and O–H groups in total. The van der Waals surface area contributed by atoms with E-state index in [0.717, 1.165) is 44.8 Å². The average molecular weight is 412 g/mol. The van der Waals surface area contributed by atoms with Crippen molar-refractivity contribution < 1.29 is 22.7 Å². The van der Waals surface area contributed by atoms with Crippen molar-refractivity contribution in [3.63, 3.8) is 0 Å². The molecule has 1 aromatic carbocycles. The molecule has 0 unspecified atom stereocenters. The van der Waals surface area contributed by atoms with Crippen LogP contribution in [0.15, 0.2) is 23.1 Å². The number of hydrogen-bond donors (Lipinski definition) is 1. The fourth-order valence-corrected chi connectivity index (χ4v) is 4.80. The van der Waals surface area contributed by atoms with Gasteiger partial charge in [0.15, 0.2) is 0 Å². The molecule has 8 nitrogen and oxygen atoms in total. The van der Waals surface area contributed by atoms with Crippen molar-refractivity contribution >= 4 is 15.9 Å². The van der Waals surface area contributed by atoms with E-state index in [0.29, 0.717) is 38.4 Å². The molecule has 0 bridgehead atoms. The van der Waals surface area contributed by atoms with Crippen molar-refractivity contribution in [2.75, 3.05) is 65.7 Å². The second-order valence-corrected chi connectivity index (χ2v) is 8.99. The minimum Gasteiger partial charge on any atom is -0.379 e. The first-order chi connectivity index (χ1) is 13.5. The van der Waals surface area contributed by atoms with Crippen LogP contribution in [0.3, 0.4) is 0 Å². The van der Waals surface area contributed by atoms with Crippen molar-refractivity contribution in [1.29, 1.82) is 0 Å². The van der Waals surface area contributed by atoms with Gasteiger partial charge in [0.05, 0.1) is 31.3 Å². The Balaban J connectivity index is 1.59. The summed E-state index contributed by atoms with van der Waals surface area (Å²) in [6, 6.07) is 4.74. The largest absolute Gasteiger partial charge is 0.379 e. The standard InChI is InChI=1S/C19H29N3O5S/c1-16-3-4-17(28(24,25)22-9-13-27-14-10-22)15-18(16)19(23)20-5-2-6-21-7-11-26-12-8-21/h3-4,15H,2,5-14H2,1H3,(H,20,23). The summed E-state index contributed by atoms with van der Waals surface area (Å²) in [5, 5.41) is 2.91. The number of amides is 1. The molecule has 9 heteroatoms. The topological polar surface area (TPSA) is 88.2 Å². The first-order valence-electron chi connectivity index (χ1n) is 9.75. The Hall–Kier alpha value is -1.52. The van der Waals surface area contributed by atoms with Gasteiger partial charge < -0.3 is 14.8 Å². The fourth-order valence-electron chi connectivity index (χ4n) is 3.37. The number of rotatable bonds is 7. The van der Waals surface area contributed by atoms with Crippen molar-refractivity contribution in [3.8, 4) is 0 Å². The van der Waals surface area contributed by atoms with Crippen LogP contribution in [0.5, 0.6) is 0 Å². The highest BCUT2D eigenvalue weighted by atomic mass is 32.2. The molecule has 1 amide bonds. The van der Waals surface area contributed by atoms with Gasteiger partial charge >= 0.3 is 0 Å². The van der Waals surface area contributed by atoms with Gasteiger partial charge in [0.2, 0.25) is 10.0 Å². The molecular weight excluding hydrogens is 382 g/mol. The first kappa shape index (κ1) is 21.2. The summed E-state index contributed by atoms with van der Waals surface area (Å²) in [4.78, 5) is 15.1. The van der Waals surface area contributed by atoms with Gasteiger partial charge in [0.1, 0.15) is 0 Å². The van der Waals surface area contributed by atoms with E-state index in [1.54, 1.807) is 12.1 Å². The molecule has 0 radical (unpaired) electrons. The van der Waals surface area contributed by atoms with Crippen molar-refractivity contribution in [1.82, 2.24) is 14.5 Å². The van der Waals surface area contributed by atoms with E-state index in [1.165, 1.54) is 10.4 Å². The van der Waals surface area contributed by atoms with Crippen LogP contribution in [0.1, 0.15) is 22.3 Å². The third kappa shape index (κ3) is 5.30. The number of sulfonamides is 1. The van der Waals surface area contributed by atoms with Crippen LogP contribution in [0, 0.1) is 6.92 Å². The minimum absolute atomic E-state index is 0.151. The van der Waals surface area contributed by atoms with Gasteiger partial charge in [-0.3, -0.25) is 9.69 Å². The van der Waals surface area contributed by atoms with Gasteiger partial charge in [0.25, 0.3) is 5.91 Å². The third-order valence-corrected chi connectivity index (χ3v) is 7.00. The van der Waals surface area contributed by atoms with Crippen LogP contribution in [0.25, 0.3) is 0 Å². The Kier molecular flexibility index (Phi) is 7.42. The summed E-state index contributed by atoms with van der Waals surface area (Å²) in [7, 11) is -3.62. The van der Waals surface area contributed by atoms with Crippen molar-refractivity contribution in [2.45, 2.75) is 18.2 Å². The Morgan fingerprint density at radius 3 is 2.39 bits per heavy atom. The predicted octanol–water partition coefficient (Wildman–Crippen LogP) is 0.468. The maximum absolute atomic E-state index is 12.8. The van der Waals surface area contributed by atoms with E-state index in [2.05, 4.69) is 10.2 Å². The second-order valence-electron chi connectivity index (χ2n) is 7.06. The highest BCUT2D eigenvalue weighted by Crippen LogP contribution is 2.20. The lowest BCUT2D eigenvalue weighted by Gasteiger charge is -2.26. The lowest BCUT2D eigenvalue weighted by molar-refractivity contribution is 0.0374. The van der Waals surface area contributed by atoms with Gasteiger partial charge in [-0.05, 0) is 37.6 Å². The number of morpholine rings is 2. The highest BCUT2D eigenvalue weighted by Gasteiger charge is 2.27. The molecule has 0 spiro atoms. The fraction of sp³-hybridized carbons (Fsp3) is 0.632. The van der Waals surface area contributed by atoms with Gasteiger partial charge in [-0.25, -0.2) is 8.42 Å². The van der Waals surface area contributed by atoms with E-state index in [4.69, 9.17) is 9.47 Å². The summed E-state index contributed by atoms with van der Waals surface area (Å²) in [5.74, 6) is -0.237. The molecule has 0 aromatic heterocycles. The number of carbonyl (C=O) groups is 1. The zero-order valence-electron chi connectivity index (χ0n) is 16.4. The Morgan fingerprint density at radius 1 is 1.07 bits per heavy atom. The first-order valence-corrected chi connectivity index (χ1v) is 11.2. The SMILES string of the molecule is Cc1ccc(S(=O)(=O)N2CCOCC2)cc1C(=O)NCCCN1CCOCC1. The number of hydrogen-bond acceptors (Lipinski definition) is 6. The number of benzene rings is 1. The van der Waals surface area contributed by atoms with Crippen molar-refractivity contribution in [3.05, 3.63) is 29.3 Å². The molecule has 156 valence electrons. The molecule has 2 fully saturated rings. The second kappa shape index (κ2) is 9.80. The molecule has 1 aromatic rings. The molecule has 3 rings (SSSR count). The van der Waals surface area contributed by atoms with Crippen LogP contribution in [-0.4, -0.2) is 89.2 Å². The lowest BCUT2D eigenvalue weighted by Crippen LogP contribution is -2.40. The third-order valence-electron chi connectivity index (χ3n) is 5.10. The molecule has 0 aliphatic carbocycles. The Bertz CT molecular complexity index is 772. The summed E-state index contributed by atoms with van der Waals surface area (Å²) in [6.45, 7) is 8.09. The zero-order valence-corrected chi connectivity index (χ0v) is 17.2. The van der Waals surface area contributed by atoms with E-state index in [1.807, 2.05) is 6.92 Å². The Morgan fingerprint density at radius 2 is 1.71 bits per heavy atom. The van der Waals surface area contributed by atoms with E-state index in [9.17, 15) is 13.2 Å². The summed E-state index contributed by atoms with van der Waals surface area (Å²) in [5.41, 5.74) is 1.16. The minimum atomic E-state index is -3.62. The quantitative estimate of drug-likeness (QED) is 0.656. The van der Waals surface area contributed by atoms with Crippen molar-refractivity contribution in [2.24, 2.45) is 0 Å². The monoisotopic (exact) mass is 411 g/mol. The van der Waals surface area contributed by atoms with Crippen LogP contribution >= 0.6 is 0 Å². The molecular formula is C19H29N3O5S. The zero-order chi connectivity index (χ0) is 20.0. The number of ether oxygens (including phenoxy) is 2. The van der Waals surface area contributed by atoms with E-state index >= 15 is 0 Å². The predicted molar refractivity (Wildman–Crippen MR) is 105 cm³/mol. The average Bonchev–Trinajstić information content (AvgIpc) is 2.72. The number of nitrogens with one attached hydrogen (secondary N) is 1. The summed E-state index contributed by atoms with van der Waals surface area (Å²) < 4.78 is 37.6. The van der Waals surface area contributed by atoms with Gasteiger partial charge in [0, 0.05) is 38.3 Å². The maximum atomic E-state index is 12.8. The molecule has 0 saturated carbocycles. The Labute approximate surface area is 166 Å². The summed E-state index contributed by atoms with van der Waals surface area (Å²) >= 11 is 0. The smallest absolute Gasteiger partial charge is 0.251 e.